The summed E-state index contributed by atoms with van der Waals surface area (Å²) < 4.78 is 5.31. The van der Waals surface area contributed by atoms with E-state index in [1.54, 1.807) is 31.4 Å². The molecule has 0 aromatic heterocycles. The Hall–Kier alpha value is -3.44. The van der Waals surface area contributed by atoms with Gasteiger partial charge in [0.2, 0.25) is 0 Å². The van der Waals surface area contributed by atoms with Crippen LogP contribution < -0.4 is 10.1 Å². The first kappa shape index (κ1) is 27.8. The third kappa shape index (κ3) is 8.69. The van der Waals surface area contributed by atoms with Crippen LogP contribution in [0.4, 0.5) is 4.79 Å². The van der Waals surface area contributed by atoms with Crippen LogP contribution in [0.25, 0.3) is 0 Å². The number of carboxylic acid groups (broad SMARTS) is 1. The quantitative estimate of drug-likeness (QED) is 0.470. The van der Waals surface area contributed by atoms with Gasteiger partial charge in [-0.05, 0) is 48.4 Å². The first-order chi connectivity index (χ1) is 16.8. The molecule has 186 valence electrons. The van der Waals surface area contributed by atoms with Gasteiger partial charge < -0.3 is 15.2 Å². The topological polar surface area (TPSA) is 95.9 Å². The zero-order chi connectivity index (χ0) is 25.8. The van der Waals surface area contributed by atoms with Crippen molar-refractivity contribution < 1.29 is 24.2 Å². The van der Waals surface area contributed by atoms with Gasteiger partial charge in [0, 0.05) is 23.4 Å². The number of thioether (sulfide) groups is 1. The molecular weight excluding hydrogens is 464 g/mol. The number of amides is 3. The number of nitrogens with one attached hydrogen (secondary N) is 1. The van der Waals surface area contributed by atoms with E-state index in [0.29, 0.717) is 34.8 Å². The maximum Gasteiger partial charge on any atom is 0.327 e. The molecule has 0 bridgehead atoms. The zero-order valence-electron chi connectivity index (χ0n) is 20.5. The molecule has 0 spiro atoms. The maximum atomic E-state index is 13.2. The smallest absolute Gasteiger partial charge is 0.327 e. The van der Waals surface area contributed by atoms with Crippen molar-refractivity contribution in [2.75, 3.05) is 25.2 Å². The molecule has 0 aliphatic heterocycles. The number of aliphatic carboxylic acids is 1. The number of imide groups is 1. The van der Waals surface area contributed by atoms with E-state index in [1.807, 2.05) is 45.0 Å². The number of carbonyl (C=O) groups excluding carboxylic acids is 2. The van der Waals surface area contributed by atoms with Crippen molar-refractivity contribution in [1.82, 2.24) is 10.2 Å². The Morgan fingerprint density at radius 1 is 1.09 bits per heavy atom. The van der Waals surface area contributed by atoms with Crippen LogP contribution in [0.2, 0.25) is 0 Å². The summed E-state index contributed by atoms with van der Waals surface area (Å²) in [5.41, 5.74) is 1.61. The van der Waals surface area contributed by atoms with Gasteiger partial charge in [0.05, 0.1) is 12.7 Å². The summed E-state index contributed by atoms with van der Waals surface area (Å²) in [6.45, 7) is 6.08. The number of rotatable bonds is 10. The first-order valence-corrected chi connectivity index (χ1v) is 12.6. The van der Waals surface area contributed by atoms with Crippen LogP contribution in [0, 0.1) is 17.8 Å². The maximum absolute atomic E-state index is 13.2. The highest BCUT2D eigenvalue weighted by Gasteiger charge is 2.27. The molecular formula is C27H32N2O5S. The molecule has 7 nitrogen and oxygen atoms in total. The minimum Gasteiger partial charge on any atom is -0.495 e. The number of carbonyl (C=O) groups is 3. The molecule has 2 rings (SSSR count). The molecule has 0 saturated heterocycles. The number of carboxylic acids is 1. The fourth-order valence-electron chi connectivity index (χ4n) is 3.12. The molecule has 0 aliphatic carbocycles. The van der Waals surface area contributed by atoms with Gasteiger partial charge in [-0.2, -0.15) is 11.8 Å². The first-order valence-electron chi connectivity index (χ1n) is 11.4. The Morgan fingerprint density at radius 2 is 1.83 bits per heavy atom. The van der Waals surface area contributed by atoms with Crippen molar-refractivity contribution in [3.05, 3.63) is 65.2 Å². The molecule has 35 heavy (non-hydrogen) atoms. The molecule has 0 fully saturated rings. The Balaban J connectivity index is 2.20. The number of hydrogen-bond donors (Lipinski definition) is 2. The van der Waals surface area contributed by atoms with Crippen molar-refractivity contribution in [1.29, 1.82) is 0 Å². The van der Waals surface area contributed by atoms with Gasteiger partial charge in [0.1, 0.15) is 11.8 Å². The van der Waals surface area contributed by atoms with Gasteiger partial charge in [-0.3, -0.25) is 9.69 Å². The molecule has 0 unspecified atom stereocenters. The Kier molecular flexibility index (Phi) is 11.2. The summed E-state index contributed by atoms with van der Waals surface area (Å²) in [6.07, 6.45) is 0.534. The van der Waals surface area contributed by atoms with Crippen LogP contribution in [-0.4, -0.2) is 59.1 Å². The fourth-order valence-corrected chi connectivity index (χ4v) is 4.18. The molecule has 3 amide bonds. The predicted octanol–water partition coefficient (Wildman–Crippen LogP) is 4.50. The van der Waals surface area contributed by atoms with E-state index >= 15 is 0 Å². The van der Waals surface area contributed by atoms with E-state index in [4.69, 9.17) is 4.74 Å². The molecule has 2 N–H and O–H groups in total. The van der Waals surface area contributed by atoms with Crippen molar-refractivity contribution in [2.45, 2.75) is 33.2 Å². The largest absolute Gasteiger partial charge is 0.495 e. The van der Waals surface area contributed by atoms with Crippen molar-refractivity contribution >= 4 is 29.7 Å². The Bertz CT molecular complexity index is 1090. The fraction of sp³-hybridized carbons (Fsp3) is 0.370. The normalized spacial score (nSPS) is 11.2. The highest BCUT2D eigenvalue weighted by molar-refractivity contribution is 7.99. The van der Waals surface area contributed by atoms with Gasteiger partial charge in [-0.15, -0.1) is 0 Å². The number of ether oxygens (including phenoxy) is 1. The highest BCUT2D eigenvalue weighted by Crippen LogP contribution is 2.16. The van der Waals surface area contributed by atoms with Crippen LogP contribution in [-0.2, 0) is 4.79 Å². The minimum absolute atomic E-state index is 0.160. The lowest BCUT2D eigenvalue weighted by atomic mass is 10.1. The van der Waals surface area contributed by atoms with Gasteiger partial charge in [-0.1, -0.05) is 50.8 Å². The standard InChI is InChI=1S/C27H32N2O5S/c1-5-15-29(27(33)28-23(26(31)32)18-35-17-19(2)3)25(30)22-11-8-9-20(16-22)13-14-21-10-6-7-12-24(21)34-4/h6-12,16,19,23H,5,15,17-18H2,1-4H3,(H,28,33)(H,31,32)/t23-/m0/s1. The van der Waals surface area contributed by atoms with Crippen molar-refractivity contribution in [3.8, 4) is 17.6 Å². The highest BCUT2D eigenvalue weighted by atomic mass is 32.2. The lowest BCUT2D eigenvalue weighted by molar-refractivity contribution is -0.138. The lowest BCUT2D eigenvalue weighted by Gasteiger charge is -2.23. The summed E-state index contributed by atoms with van der Waals surface area (Å²) in [4.78, 5) is 38.8. The number of methoxy groups -OCH3 is 1. The lowest BCUT2D eigenvalue weighted by Crippen LogP contribution is -2.51. The number of urea groups is 1. The molecule has 8 heteroatoms. The number of hydrogen-bond acceptors (Lipinski definition) is 5. The summed E-state index contributed by atoms with van der Waals surface area (Å²) >= 11 is 1.45. The van der Waals surface area contributed by atoms with Crippen LogP contribution in [0.5, 0.6) is 5.75 Å². The zero-order valence-corrected chi connectivity index (χ0v) is 21.4. The third-order valence-electron chi connectivity index (χ3n) is 4.83. The molecule has 0 radical (unpaired) electrons. The van der Waals surface area contributed by atoms with Gasteiger partial charge >= 0.3 is 12.0 Å². The SMILES string of the molecule is CCCN(C(=O)N[C@@H](CSCC(C)C)C(=O)O)C(=O)c1cccc(C#Cc2ccccc2OC)c1. The van der Waals surface area contributed by atoms with Crippen molar-refractivity contribution in [3.63, 3.8) is 0 Å². The summed E-state index contributed by atoms with van der Waals surface area (Å²) in [6, 6.07) is 12.3. The van der Waals surface area contributed by atoms with E-state index in [-0.39, 0.29) is 12.3 Å². The molecule has 0 aliphatic rings. The molecule has 2 aromatic rings. The van der Waals surface area contributed by atoms with E-state index in [2.05, 4.69) is 17.2 Å². The summed E-state index contributed by atoms with van der Waals surface area (Å²) in [5, 5.41) is 12.0. The van der Waals surface area contributed by atoms with Crippen molar-refractivity contribution in [2.24, 2.45) is 5.92 Å². The van der Waals surface area contributed by atoms with Crippen LogP contribution in [0.15, 0.2) is 48.5 Å². The summed E-state index contributed by atoms with van der Waals surface area (Å²) in [7, 11) is 1.57. The van der Waals surface area contributed by atoms with E-state index in [1.165, 1.54) is 11.8 Å². The molecule has 0 heterocycles. The van der Waals surface area contributed by atoms with Gasteiger partial charge in [0.15, 0.2) is 0 Å². The van der Waals surface area contributed by atoms with Crippen LogP contribution >= 0.6 is 11.8 Å². The van der Waals surface area contributed by atoms with Crippen LogP contribution in [0.3, 0.4) is 0 Å². The van der Waals surface area contributed by atoms with E-state index in [0.717, 1.165) is 10.7 Å². The van der Waals surface area contributed by atoms with Crippen LogP contribution in [0.1, 0.15) is 48.7 Å². The van der Waals surface area contributed by atoms with E-state index in [9.17, 15) is 19.5 Å². The van der Waals surface area contributed by atoms with E-state index < -0.39 is 23.9 Å². The second kappa shape index (κ2) is 14.1. The third-order valence-corrected chi connectivity index (χ3v) is 6.30. The Morgan fingerprint density at radius 3 is 2.49 bits per heavy atom. The number of benzene rings is 2. The minimum atomic E-state index is -1.13. The number of nitrogens with zero attached hydrogens (tertiary/aromatic N) is 1. The van der Waals surface area contributed by atoms with Gasteiger partial charge in [0.25, 0.3) is 5.91 Å². The number of para-hydroxylation sites is 1. The monoisotopic (exact) mass is 496 g/mol. The average molecular weight is 497 g/mol. The summed E-state index contributed by atoms with van der Waals surface area (Å²) in [5.74, 6) is 6.49. The second-order valence-corrected chi connectivity index (χ2v) is 9.33. The average Bonchev–Trinajstić information content (AvgIpc) is 2.84. The molecule has 2 aromatic carbocycles. The molecule has 1 atom stereocenters. The Labute approximate surface area is 211 Å². The predicted molar refractivity (Wildman–Crippen MR) is 139 cm³/mol. The van der Waals surface area contributed by atoms with Gasteiger partial charge in [-0.25, -0.2) is 9.59 Å². The second-order valence-electron chi connectivity index (χ2n) is 8.26. The molecule has 0 saturated carbocycles.